The molecule has 0 aromatic carbocycles. The first-order valence-electron chi connectivity index (χ1n) is 7.63. The highest BCUT2D eigenvalue weighted by molar-refractivity contribution is 5.38. The van der Waals surface area contributed by atoms with E-state index in [1.54, 1.807) is 0 Å². The number of ether oxygens (including phenoxy) is 3. The third-order valence-corrected chi connectivity index (χ3v) is 2.62. The van der Waals surface area contributed by atoms with Gasteiger partial charge in [0.05, 0.1) is 6.61 Å². The lowest BCUT2D eigenvalue weighted by atomic mass is 10.4. The van der Waals surface area contributed by atoms with Crippen molar-refractivity contribution in [1.29, 1.82) is 0 Å². The van der Waals surface area contributed by atoms with Crippen molar-refractivity contribution in [1.82, 2.24) is 9.97 Å². The van der Waals surface area contributed by atoms with Gasteiger partial charge in [-0.2, -0.15) is 4.98 Å². The van der Waals surface area contributed by atoms with E-state index in [1.165, 1.54) is 0 Å². The van der Waals surface area contributed by atoms with Crippen LogP contribution in [-0.4, -0.2) is 42.4 Å². The van der Waals surface area contributed by atoms with Crippen molar-refractivity contribution in [2.75, 3.05) is 31.7 Å². The van der Waals surface area contributed by atoms with Crippen LogP contribution in [0.5, 0.6) is 5.88 Å². The summed E-state index contributed by atoms with van der Waals surface area (Å²) in [4.78, 5) is 8.79. The summed E-state index contributed by atoms with van der Waals surface area (Å²) in [6.07, 6.45) is 0.973. The van der Waals surface area contributed by atoms with E-state index in [2.05, 4.69) is 22.2 Å². The Labute approximate surface area is 127 Å². The first-order valence-corrected chi connectivity index (χ1v) is 7.63. The summed E-state index contributed by atoms with van der Waals surface area (Å²) in [5, 5.41) is 3.25. The Hall–Kier alpha value is -1.40. The molecule has 0 spiro atoms. The molecule has 0 saturated carbocycles. The number of hydrogen-bond acceptors (Lipinski definition) is 6. The Morgan fingerprint density at radius 1 is 1.14 bits per heavy atom. The average Bonchev–Trinajstić information content (AvgIpc) is 2.48. The van der Waals surface area contributed by atoms with E-state index >= 15 is 0 Å². The Morgan fingerprint density at radius 2 is 1.90 bits per heavy atom. The summed E-state index contributed by atoms with van der Waals surface area (Å²) in [5.41, 5.74) is 0. The number of aromatic nitrogens is 2. The van der Waals surface area contributed by atoms with Gasteiger partial charge in [0, 0.05) is 25.8 Å². The molecule has 0 fully saturated rings. The minimum absolute atomic E-state index is 0.0566. The molecule has 6 heteroatoms. The molecule has 0 amide bonds. The van der Waals surface area contributed by atoms with Gasteiger partial charge in [-0.1, -0.05) is 6.92 Å². The Morgan fingerprint density at radius 3 is 2.57 bits per heavy atom. The Balaban J connectivity index is 2.74. The molecule has 0 bridgehead atoms. The fourth-order valence-electron chi connectivity index (χ4n) is 1.66. The first kappa shape index (κ1) is 17.7. The van der Waals surface area contributed by atoms with Crippen molar-refractivity contribution in [3.8, 4) is 5.88 Å². The van der Waals surface area contributed by atoms with Crippen LogP contribution in [0.3, 0.4) is 0 Å². The number of nitrogens with zero attached hydrogens (tertiary/aromatic N) is 2. The van der Waals surface area contributed by atoms with E-state index in [9.17, 15) is 0 Å². The van der Waals surface area contributed by atoms with E-state index in [1.807, 2.05) is 26.8 Å². The molecule has 21 heavy (non-hydrogen) atoms. The molecule has 1 heterocycles. The summed E-state index contributed by atoms with van der Waals surface area (Å²) < 4.78 is 16.5. The van der Waals surface area contributed by atoms with Gasteiger partial charge in [-0.05, 0) is 27.2 Å². The van der Waals surface area contributed by atoms with Crippen molar-refractivity contribution in [3.63, 3.8) is 0 Å². The molecule has 1 aromatic heterocycles. The van der Waals surface area contributed by atoms with Crippen LogP contribution < -0.4 is 10.1 Å². The lowest BCUT2D eigenvalue weighted by Crippen LogP contribution is -2.20. The van der Waals surface area contributed by atoms with Gasteiger partial charge in [0.15, 0.2) is 5.82 Å². The minimum atomic E-state index is -0.0566. The van der Waals surface area contributed by atoms with Gasteiger partial charge < -0.3 is 19.5 Å². The average molecular weight is 297 g/mol. The SMILES string of the molecule is CCCNc1cc(OC(C)COCC)nc(COCC)n1. The molecule has 1 rings (SSSR count). The van der Waals surface area contributed by atoms with E-state index in [0.29, 0.717) is 38.1 Å². The molecule has 1 N–H and O–H groups in total. The number of anilines is 1. The molecular weight excluding hydrogens is 270 g/mol. The monoisotopic (exact) mass is 297 g/mol. The third kappa shape index (κ3) is 7.24. The summed E-state index contributed by atoms with van der Waals surface area (Å²) in [6.45, 7) is 11.1. The van der Waals surface area contributed by atoms with Crippen LogP contribution in [0.4, 0.5) is 5.82 Å². The highest BCUT2D eigenvalue weighted by Gasteiger charge is 2.09. The standard InChI is InChI=1S/C15H27N3O3/c1-5-8-16-13-9-15(21-12(4)10-19-6-2)18-14(17-13)11-20-7-3/h9,12H,5-8,10-11H2,1-4H3,(H,16,17,18). The van der Waals surface area contributed by atoms with Crippen LogP contribution in [0.15, 0.2) is 6.07 Å². The lowest BCUT2D eigenvalue weighted by Gasteiger charge is -2.15. The summed E-state index contributed by atoms with van der Waals surface area (Å²) in [7, 11) is 0. The summed E-state index contributed by atoms with van der Waals surface area (Å²) in [5.74, 6) is 1.93. The first-order chi connectivity index (χ1) is 10.2. The van der Waals surface area contributed by atoms with Crippen molar-refractivity contribution >= 4 is 5.82 Å². The zero-order chi connectivity index (χ0) is 15.5. The van der Waals surface area contributed by atoms with Gasteiger partial charge >= 0.3 is 0 Å². The van der Waals surface area contributed by atoms with Crippen LogP contribution in [0.1, 0.15) is 39.9 Å². The van der Waals surface area contributed by atoms with Crippen LogP contribution in [-0.2, 0) is 16.1 Å². The molecule has 0 radical (unpaired) electrons. The quantitative estimate of drug-likeness (QED) is 0.677. The van der Waals surface area contributed by atoms with E-state index in [4.69, 9.17) is 14.2 Å². The predicted octanol–water partition coefficient (Wildman–Crippen LogP) is 2.64. The molecule has 0 aliphatic carbocycles. The van der Waals surface area contributed by atoms with Gasteiger partial charge in [-0.15, -0.1) is 0 Å². The van der Waals surface area contributed by atoms with E-state index in [0.717, 1.165) is 18.8 Å². The van der Waals surface area contributed by atoms with Crippen molar-refractivity contribution in [2.24, 2.45) is 0 Å². The number of hydrogen-bond donors (Lipinski definition) is 1. The maximum Gasteiger partial charge on any atom is 0.219 e. The summed E-state index contributed by atoms with van der Waals surface area (Å²) in [6, 6.07) is 1.81. The van der Waals surface area contributed by atoms with Crippen molar-refractivity contribution in [3.05, 3.63) is 11.9 Å². The number of rotatable bonds is 11. The third-order valence-electron chi connectivity index (χ3n) is 2.62. The van der Waals surface area contributed by atoms with E-state index in [-0.39, 0.29) is 6.10 Å². The Kier molecular flexibility index (Phi) is 8.69. The van der Waals surface area contributed by atoms with Crippen molar-refractivity contribution < 1.29 is 14.2 Å². The number of nitrogens with one attached hydrogen (secondary N) is 1. The predicted molar refractivity (Wildman–Crippen MR) is 82.7 cm³/mol. The van der Waals surface area contributed by atoms with Gasteiger partial charge in [0.1, 0.15) is 18.5 Å². The molecule has 1 atom stereocenters. The summed E-state index contributed by atoms with van der Waals surface area (Å²) >= 11 is 0. The molecule has 0 saturated heterocycles. The Bertz CT molecular complexity index is 376. The zero-order valence-electron chi connectivity index (χ0n) is 13.5. The van der Waals surface area contributed by atoms with Gasteiger partial charge in [0.25, 0.3) is 0 Å². The van der Waals surface area contributed by atoms with Gasteiger partial charge in [-0.3, -0.25) is 0 Å². The molecule has 0 aliphatic heterocycles. The van der Waals surface area contributed by atoms with Gasteiger partial charge in [0.2, 0.25) is 5.88 Å². The second-order valence-corrected chi connectivity index (χ2v) is 4.66. The molecular formula is C15H27N3O3. The highest BCUT2D eigenvalue weighted by atomic mass is 16.5. The molecule has 6 nitrogen and oxygen atoms in total. The maximum absolute atomic E-state index is 5.79. The topological polar surface area (TPSA) is 65.5 Å². The molecule has 1 unspecified atom stereocenters. The van der Waals surface area contributed by atoms with E-state index < -0.39 is 0 Å². The minimum Gasteiger partial charge on any atom is -0.472 e. The smallest absolute Gasteiger partial charge is 0.219 e. The normalized spacial score (nSPS) is 12.2. The zero-order valence-corrected chi connectivity index (χ0v) is 13.5. The second-order valence-electron chi connectivity index (χ2n) is 4.66. The fraction of sp³-hybridized carbons (Fsp3) is 0.733. The maximum atomic E-state index is 5.79. The van der Waals surface area contributed by atoms with Gasteiger partial charge in [-0.25, -0.2) is 4.98 Å². The molecule has 1 aromatic rings. The molecule has 120 valence electrons. The fourth-order valence-corrected chi connectivity index (χ4v) is 1.66. The van der Waals surface area contributed by atoms with Crippen LogP contribution >= 0.6 is 0 Å². The highest BCUT2D eigenvalue weighted by Crippen LogP contribution is 2.16. The van der Waals surface area contributed by atoms with Crippen LogP contribution in [0.25, 0.3) is 0 Å². The largest absolute Gasteiger partial charge is 0.472 e. The van der Waals surface area contributed by atoms with Crippen LogP contribution in [0.2, 0.25) is 0 Å². The second kappa shape index (κ2) is 10.3. The molecule has 0 aliphatic rings. The van der Waals surface area contributed by atoms with Crippen molar-refractivity contribution in [2.45, 2.75) is 46.8 Å². The van der Waals surface area contributed by atoms with Crippen LogP contribution in [0, 0.1) is 0 Å². The lowest BCUT2D eigenvalue weighted by molar-refractivity contribution is 0.0626.